The summed E-state index contributed by atoms with van der Waals surface area (Å²) in [5.74, 6) is 0.298. The predicted molar refractivity (Wildman–Crippen MR) is 67.9 cm³/mol. The van der Waals surface area contributed by atoms with Gasteiger partial charge in [0.2, 0.25) is 5.91 Å². The molecular formula is C12H23ClN2O. The summed E-state index contributed by atoms with van der Waals surface area (Å²) in [5.41, 5.74) is -0.0646. The van der Waals surface area contributed by atoms with Gasteiger partial charge in [0, 0.05) is 11.5 Å². The molecule has 1 saturated heterocycles. The first-order valence-corrected chi connectivity index (χ1v) is 6.22. The first-order valence-electron chi connectivity index (χ1n) is 6.22. The van der Waals surface area contributed by atoms with Crippen LogP contribution in [-0.2, 0) is 4.79 Å². The fourth-order valence-corrected chi connectivity index (χ4v) is 2.71. The SMILES string of the molecule is CC1(C(=O)NC2CCNCC2)CCCC1.Cl. The van der Waals surface area contributed by atoms with Crippen LogP contribution < -0.4 is 10.6 Å². The number of halogens is 1. The van der Waals surface area contributed by atoms with Crippen molar-refractivity contribution in [2.24, 2.45) is 5.41 Å². The van der Waals surface area contributed by atoms with Gasteiger partial charge < -0.3 is 10.6 Å². The maximum Gasteiger partial charge on any atom is 0.226 e. The molecule has 2 rings (SSSR count). The zero-order chi connectivity index (χ0) is 10.7. The van der Waals surface area contributed by atoms with Gasteiger partial charge in [-0.2, -0.15) is 0 Å². The van der Waals surface area contributed by atoms with Gasteiger partial charge in [-0.15, -0.1) is 12.4 Å². The molecule has 3 nitrogen and oxygen atoms in total. The Bertz CT molecular complexity index is 233. The van der Waals surface area contributed by atoms with Gasteiger partial charge in [-0.25, -0.2) is 0 Å². The van der Waals surface area contributed by atoms with Gasteiger partial charge in [0.15, 0.2) is 0 Å². The van der Waals surface area contributed by atoms with Crippen LogP contribution in [-0.4, -0.2) is 25.0 Å². The van der Waals surface area contributed by atoms with Crippen LogP contribution >= 0.6 is 12.4 Å². The topological polar surface area (TPSA) is 41.1 Å². The number of nitrogens with one attached hydrogen (secondary N) is 2. The van der Waals surface area contributed by atoms with E-state index < -0.39 is 0 Å². The molecule has 2 N–H and O–H groups in total. The Morgan fingerprint density at radius 1 is 1.25 bits per heavy atom. The summed E-state index contributed by atoms with van der Waals surface area (Å²) in [7, 11) is 0. The molecule has 0 atom stereocenters. The predicted octanol–water partition coefficient (Wildman–Crippen LogP) is 1.86. The van der Waals surface area contributed by atoms with E-state index in [0.717, 1.165) is 38.8 Å². The first kappa shape index (κ1) is 13.8. The lowest BCUT2D eigenvalue weighted by atomic mass is 9.87. The standard InChI is InChI=1S/C12H22N2O.ClH/c1-12(6-2-3-7-12)11(15)14-10-4-8-13-9-5-10;/h10,13H,2-9H2,1H3,(H,14,15);1H. The van der Waals surface area contributed by atoms with Crippen LogP contribution in [0.5, 0.6) is 0 Å². The lowest BCUT2D eigenvalue weighted by Crippen LogP contribution is -2.47. The Kier molecular flexibility index (Phi) is 5.06. The largest absolute Gasteiger partial charge is 0.353 e. The zero-order valence-electron chi connectivity index (χ0n) is 10.1. The lowest BCUT2D eigenvalue weighted by Gasteiger charge is -2.29. The summed E-state index contributed by atoms with van der Waals surface area (Å²) in [6, 6.07) is 0.413. The van der Waals surface area contributed by atoms with E-state index in [4.69, 9.17) is 0 Å². The van der Waals surface area contributed by atoms with Crippen molar-refractivity contribution in [3.63, 3.8) is 0 Å². The van der Waals surface area contributed by atoms with E-state index in [0.29, 0.717) is 11.9 Å². The van der Waals surface area contributed by atoms with Gasteiger partial charge in [-0.05, 0) is 38.8 Å². The highest BCUT2D eigenvalue weighted by atomic mass is 35.5. The molecule has 0 bridgehead atoms. The highest BCUT2D eigenvalue weighted by Gasteiger charge is 2.36. The van der Waals surface area contributed by atoms with Gasteiger partial charge in [-0.1, -0.05) is 19.8 Å². The van der Waals surface area contributed by atoms with Gasteiger partial charge in [0.25, 0.3) is 0 Å². The fourth-order valence-electron chi connectivity index (χ4n) is 2.71. The summed E-state index contributed by atoms with van der Waals surface area (Å²) >= 11 is 0. The molecule has 4 heteroatoms. The number of carbonyl (C=O) groups excluding carboxylic acids is 1. The smallest absolute Gasteiger partial charge is 0.226 e. The molecule has 2 aliphatic rings. The van der Waals surface area contributed by atoms with Crippen molar-refractivity contribution in [2.75, 3.05) is 13.1 Å². The average molecular weight is 247 g/mol. The summed E-state index contributed by atoms with van der Waals surface area (Å²) in [4.78, 5) is 12.1. The second-order valence-corrected chi connectivity index (χ2v) is 5.27. The molecule has 0 radical (unpaired) electrons. The van der Waals surface area contributed by atoms with Crippen LogP contribution in [0, 0.1) is 5.41 Å². The van der Waals surface area contributed by atoms with Crippen molar-refractivity contribution in [1.29, 1.82) is 0 Å². The number of amides is 1. The summed E-state index contributed by atoms with van der Waals surface area (Å²) in [5, 5.41) is 6.54. The second kappa shape index (κ2) is 5.87. The van der Waals surface area contributed by atoms with Crippen molar-refractivity contribution in [3.8, 4) is 0 Å². The number of hydrogen-bond acceptors (Lipinski definition) is 2. The molecule has 1 aliphatic carbocycles. The highest BCUT2D eigenvalue weighted by molar-refractivity contribution is 5.85. The molecule has 0 spiro atoms. The highest BCUT2D eigenvalue weighted by Crippen LogP contribution is 2.37. The number of rotatable bonds is 2. The maximum atomic E-state index is 12.1. The van der Waals surface area contributed by atoms with Crippen molar-refractivity contribution >= 4 is 18.3 Å². The third kappa shape index (κ3) is 3.11. The fraction of sp³-hybridized carbons (Fsp3) is 0.917. The van der Waals surface area contributed by atoms with E-state index in [9.17, 15) is 4.79 Å². The van der Waals surface area contributed by atoms with E-state index >= 15 is 0 Å². The third-order valence-corrected chi connectivity index (χ3v) is 3.93. The monoisotopic (exact) mass is 246 g/mol. The van der Waals surface area contributed by atoms with Gasteiger partial charge in [0.05, 0.1) is 0 Å². The molecule has 1 saturated carbocycles. The number of carbonyl (C=O) groups is 1. The van der Waals surface area contributed by atoms with Crippen LogP contribution in [0.2, 0.25) is 0 Å². The van der Waals surface area contributed by atoms with Crippen LogP contribution in [0.4, 0.5) is 0 Å². The third-order valence-electron chi connectivity index (χ3n) is 3.93. The van der Waals surface area contributed by atoms with Gasteiger partial charge in [-0.3, -0.25) is 4.79 Å². The number of piperidine rings is 1. The van der Waals surface area contributed by atoms with Crippen LogP contribution in [0.3, 0.4) is 0 Å². The molecular weight excluding hydrogens is 224 g/mol. The molecule has 16 heavy (non-hydrogen) atoms. The van der Waals surface area contributed by atoms with Crippen LogP contribution in [0.15, 0.2) is 0 Å². The molecule has 1 amide bonds. The normalized spacial score (nSPS) is 24.8. The van der Waals surface area contributed by atoms with Crippen molar-refractivity contribution in [1.82, 2.24) is 10.6 Å². The van der Waals surface area contributed by atoms with E-state index in [1.807, 2.05) is 0 Å². The summed E-state index contributed by atoms with van der Waals surface area (Å²) in [6.45, 7) is 4.21. The minimum Gasteiger partial charge on any atom is -0.353 e. The Balaban J connectivity index is 0.00000128. The Morgan fingerprint density at radius 2 is 1.81 bits per heavy atom. The van der Waals surface area contributed by atoms with Gasteiger partial charge in [0.1, 0.15) is 0 Å². The zero-order valence-corrected chi connectivity index (χ0v) is 10.9. The Morgan fingerprint density at radius 3 is 2.38 bits per heavy atom. The van der Waals surface area contributed by atoms with E-state index in [1.54, 1.807) is 0 Å². The summed E-state index contributed by atoms with van der Waals surface area (Å²) in [6.07, 6.45) is 6.75. The van der Waals surface area contributed by atoms with Crippen molar-refractivity contribution in [2.45, 2.75) is 51.5 Å². The van der Waals surface area contributed by atoms with Crippen LogP contribution in [0.25, 0.3) is 0 Å². The second-order valence-electron chi connectivity index (χ2n) is 5.27. The molecule has 1 aliphatic heterocycles. The van der Waals surface area contributed by atoms with E-state index in [-0.39, 0.29) is 17.8 Å². The Labute approximate surface area is 104 Å². The average Bonchev–Trinajstić information content (AvgIpc) is 2.68. The number of hydrogen-bond donors (Lipinski definition) is 2. The van der Waals surface area contributed by atoms with Crippen molar-refractivity contribution < 1.29 is 4.79 Å². The molecule has 1 heterocycles. The minimum atomic E-state index is -0.0646. The molecule has 0 aromatic carbocycles. The maximum absolute atomic E-state index is 12.1. The van der Waals surface area contributed by atoms with E-state index in [2.05, 4.69) is 17.6 Å². The quantitative estimate of drug-likeness (QED) is 0.781. The molecule has 94 valence electrons. The van der Waals surface area contributed by atoms with E-state index in [1.165, 1.54) is 12.8 Å². The van der Waals surface area contributed by atoms with Gasteiger partial charge >= 0.3 is 0 Å². The lowest BCUT2D eigenvalue weighted by molar-refractivity contribution is -0.130. The summed E-state index contributed by atoms with van der Waals surface area (Å²) < 4.78 is 0. The molecule has 0 aromatic heterocycles. The van der Waals surface area contributed by atoms with Crippen molar-refractivity contribution in [3.05, 3.63) is 0 Å². The molecule has 0 unspecified atom stereocenters. The molecule has 0 aromatic rings. The Hall–Kier alpha value is -0.280. The molecule has 2 fully saturated rings. The van der Waals surface area contributed by atoms with Crippen LogP contribution in [0.1, 0.15) is 45.4 Å². The minimum absolute atomic E-state index is 0. The first-order chi connectivity index (χ1) is 7.21.